The highest BCUT2D eigenvalue weighted by molar-refractivity contribution is 7.89. The molecule has 1 heterocycles. The molecule has 0 amide bonds. The van der Waals surface area contributed by atoms with Crippen molar-refractivity contribution < 1.29 is 8.42 Å². The Bertz CT molecular complexity index is 681. The molecule has 114 valence electrons. The summed E-state index contributed by atoms with van der Waals surface area (Å²) in [6, 6.07) is 6.07. The fourth-order valence-corrected chi connectivity index (χ4v) is 3.36. The standard InChI is InChI=1S/C14H20N4O2S/c1-3-13(14-16-7-8-17-14)18-21(19,20)12-6-4-5-11(9-12)10(2)15/h4-10,13,18H,3,15H2,1-2H3,(H,16,17). The first-order chi connectivity index (χ1) is 9.94. The smallest absolute Gasteiger partial charge is 0.241 e. The third kappa shape index (κ3) is 3.69. The summed E-state index contributed by atoms with van der Waals surface area (Å²) in [7, 11) is -3.62. The van der Waals surface area contributed by atoms with Crippen LogP contribution in [0.3, 0.4) is 0 Å². The number of hydrogen-bond donors (Lipinski definition) is 3. The molecule has 2 atom stereocenters. The Hall–Kier alpha value is -1.70. The van der Waals surface area contributed by atoms with Crippen LogP contribution >= 0.6 is 0 Å². The maximum absolute atomic E-state index is 12.5. The van der Waals surface area contributed by atoms with E-state index in [0.29, 0.717) is 12.2 Å². The van der Waals surface area contributed by atoms with Crippen LogP contribution in [0.25, 0.3) is 0 Å². The fourth-order valence-electron chi connectivity index (χ4n) is 2.02. The van der Waals surface area contributed by atoms with Gasteiger partial charge in [-0.3, -0.25) is 0 Å². The van der Waals surface area contributed by atoms with E-state index in [1.807, 2.05) is 19.9 Å². The number of rotatable bonds is 6. The number of H-pyrrole nitrogens is 1. The van der Waals surface area contributed by atoms with Gasteiger partial charge >= 0.3 is 0 Å². The molecule has 4 N–H and O–H groups in total. The quantitative estimate of drug-likeness (QED) is 0.758. The van der Waals surface area contributed by atoms with Crippen molar-refractivity contribution in [2.45, 2.75) is 37.2 Å². The summed E-state index contributed by atoms with van der Waals surface area (Å²) in [5, 5.41) is 0. The molecule has 0 fully saturated rings. The zero-order valence-electron chi connectivity index (χ0n) is 12.1. The Labute approximate surface area is 124 Å². The Kier molecular flexibility index (Phi) is 4.76. The van der Waals surface area contributed by atoms with Gasteiger partial charge in [0.15, 0.2) is 0 Å². The van der Waals surface area contributed by atoms with Gasteiger partial charge in [-0.15, -0.1) is 0 Å². The molecule has 0 aliphatic rings. The summed E-state index contributed by atoms with van der Waals surface area (Å²) >= 11 is 0. The zero-order valence-corrected chi connectivity index (χ0v) is 12.9. The number of hydrogen-bond acceptors (Lipinski definition) is 4. The maximum atomic E-state index is 12.5. The molecular formula is C14H20N4O2S. The van der Waals surface area contributed by atoms with Crippen LogP contribution < -0.4 is 10.5 Å². The minimum atomic E-state index is -3.62. The molecule has 0 spiro atoms. The van der Waals surface area contributed by atoms with Crippen molar-refractivity contribution in [1.29, 1.82) is 0 Å². The van der Waals surface area contributed by atoms with Crippen molar-refractivity contribution in [2.24, 2.45) is 5.73 Å². The number of nitrogens with zero attached hydrogens (tertiary/aromatic N) is 1. The first-order valence-electron chi connectivity index (χ1n) is 6.81. The van der Waals surface area contributed by atoms with E-state index in [9.17, 15) is 8.42 Å². The van der Waals surface area contributed by atoms with Gasteiger partial charge in [0.1, 0.15) is 5.82 Å². The van der Waals surface area contributed by atoms with Crippen molar-refractivity contribution in [3.8, 4) is 0 Å². The predicted octanol–water partition coefficient (Wildman–Crippen LogP) is 1.86. The minimum absolute atomic E-state index is 0.210. The second-order valence-electron chi connectivity index (χ2n) is 4.92. The highest BCUT2D eigenvalue weighted by Gasteiger charge is 2.22. The Balaban J connectivity index is 2.27. The summed E-state index contributed by atoms with van der Waals surface area (Å²) < 4.78 is 27.6. The van der Waals surface area contributed by atoms with Gasteiger partial charge in [-0.05, 0) is 31.0 Å². The summed E-state index contributed by atoms with van der Waals surface area (Å²) in [5.74, 6) is 0.601. The number of sulfonamides is 1. The van der Waals surface area contributed by atoms with Crippen molar-refractivity contribution >= 4 is 10.0 Å². The molecule has 1 aromatic heterocycles. The van der Waals surface area contributed by atoms with Gasteiger partial charge in [-0.1, -0.05) is 19.1 Å². The van der Waals surface area contributed by atoms with E-state index in [-0.39, 0.29) is 17.0 Å². The molecular weight excluding hydrogens is 288 g/mol. The van der Waals surface area contributed by atoms with Gasteiger partial charge < -0.3 is 10.7 Å². The molecule has 2 aromatic rings. The number of aromatic nitrogens is 2. The number of nitrogens with one attached hydrogen (secondary N) is 2. The number of benzene rings is 1. The first kappa shape index (κ1) is 15.7. The predicted molar refractivity (Wildman–Crippen MR) is 81.0 cm³/mol. The average Bonchev–Trinajstić information content (AvgIpc) is 2.99. The van der Waals surface area contributed by atoms with Crippen LogP contribution in [0.1, 0.15) is 43.7 Å². The zero-order chi connectivity index (χ0) is 15.5. The molecule has 0 saturated carbocycles. The van der Waals surface area contributed by atoms with E-state index >= 15 is 0 Å². The van der Waals surface area contributed by atoms with E-state index in [4.69, 9.17) is 5.73 Å². The molecule has 0 saturated heterocycles. The molecule has 0 aliphatic carbocycles. The van der Waals surface area contributed by atoms with Crippen LogP contribution in [-0.2, 0) is 10.0 Å². The van der Waals surface area contributed by atoms with Crippen LogP contribution in [0.4, 0.5) is 0 Å². The summed E-state index contributed by atoms with van der Waals surface area (Å²) in [4.78, 5) is 7.25. The Morgan fingerprint density at radius 3 is 2.76 bits per heavy atom. The highest BCUT2D eigenvalue weighted by atomic mass is 32.2. The average molecular weight is 308 g/mol. The highest BCUT2D eigenvalue weighted by Crippen LogP contribution is 2.19. The third-order valence-corrected chi connectivity index (χ3v) is 4.72. The summed E-state index contributed by atoms with van der Waals surface area (Å²) in [6.07, 6.45) is 3.87. The number of aromatic amines is 1. The number of nitrogens with two attached hydrogens (primary N) is 1. The lowest BCUT2D eigenvalue weighted by Crippen LogP contribution is -2.29. The van der Waals surface area contributed by atoms with Crippen LogP contribution in [-0.4, -0.2) is 18.4 Å². The lowest BCUT2D eigenvalue weighted by atomic mass is 10.1. The second-order valence-corrected chi connectivity index (χ2v) is 6.63. The monoisotopic (exact) mass is 308 g/mol. The molecule has 2 unspecified atom stereocenters. The van der Waals surface area contributed by atoms with Crippen molar-refractivity contribution in [3.63, 3.8) is 0 Å². The van der Waals surface area contributed by atoms with Gasteiger partial charge in [0, 0.05) is 18.4 Å². The van der Waals surface area contributed by atoms with Gasteiger partial charge in [0.2, 0.25) is 10.0 Å². The third-order valence-electron chi connectivity index (χ3n) is 3.25. The molecule has 7 heteroatoms. The van der Waals surface area contributed by atoms with Crippen molar-refractivity contribution in [3.05, 3.63) is 48.0 Å². The maximum Gasteiger partial charge on any atom is 0.241 e. The number of imidazole rings is 1. The van der Waals surface area contributed by atoms with E-state index in [0.717, 1.165) is 5.56 Å². The summed E-state index contributed by atoms with van der Waals surface area (Å²) in [6.45, 7) is 3.71. The van der Waals surface area contributed by atoms with Gasteiger partial charge in [0.05, 0.1) is 10.9 Å². The second kappa shape index (κ2) is 6.38. The van der Waals surface area contributed by atoms with E-state index in [2.05, 4.69) is 14.7 Å². The molecule has 1 aromatic carbocycles. The topological polar surface area (TPSA) is 101 Å². The van der Waals surface area contributed by atoms with Gasteiger partial charge in [-0.25, -0.2) is 18.1 Å². The Morgan fingerprint density at radius 1 is 1.43 bits per heavy atom. The lowest BCUT2D eigenvalue weighted by molar-refractivity contribution is 0.539. The van der Waals surface area contributed by atoms with Crippen LogP contribution in [0.2, 0.25) is 0 Å². The molecule has 0 radical (unpaired) electrons. The summed E-state index contributed by atoms with van der Waals surface area (Å²) in [5.41, 5.74) is 6.58. The van der Waals surface area contributed by atoms with Crippen LogP contribution in [0.5, 0.6) is 0 Å². The fraction of sp³-hybridized carbons (Fsp3) is 0.357. The first-order valence-corrected chi connectivity index (χ1v) is 8.29. The normalized spacial score (nSPS) is 14.8. The van der Waals surface area contributed by atoms with E-state index in [1.54, 1.807) is 30.6 Å². The van der Waals surface area contributed by atoms with E-state index in [1.165, 1.54) is 0 Å². The Morgan fingerprint density at radius 2 is 2.19 bits per heavy atom. The van der Waals surface area contributed by atoms with Crippen LogP contribution in [0.15, 0.2) is 41.6 Å². The largest absolute Gasteiger partial charge is 0.347 e. The van der Waals surface area contributed by atoms with Crippen LogP contribution in [0, 0.1) is 0 Å². The minimum Gasteiger partial charge on any atom is -0.347 e. The molecule has 0 aliphatic heterocycles. The van der Waals surface area contributed by atoms with Gasteiger partial charge in [-0.2, -0.15) is 0 Å². The lowest BCUT2D eigenvalue weighted by Gasteiger charge is -2.16. The molecule has 6 nitrogen and oxygen atoms in total. The molecule has 21 heavy (non-hydrogen) atoms. The van der Waals surface area contributed by atoms with Gasteiger partial charge in [0.25, 0.3) is 0 Å². The molecule has 0 bridgehead atoms. The van der Waals surface area contributed by atoms with Crippen molar-refractivity contribution in [1.82, 2.24) is 14.7 Å². The van der Waals surface area contributed by atoms with E-state index < -0.39 is 10.0 Å². The SMILES string of the molecule is CCC(NS(=O)(=O)c1cccc(C(C)N)c1)c1ncc[nH]1. The van der Waals surface area contributed by atoms with Crippen molar-refractivity contribution in [2.75, 3.05) is 0 Å². The molecule has 2 rings (SSSR count).